The van der Waals surface area contributed by atoms with Crippen LogP contribution in [0, 0.1) is 12.7 Å². The zero-order valence-electron chi connectivity index (χ0n) is 12.2. The first-order chi connectivity index (χ1) is 9.60. The molecular formula is C16H20FN3. The first-order valence-corrected chi connectivity index (χ1v) is 6.67. The Hall–Kier alpha value is -1.94. The molecule has 0 saturated heterocycles. The molecule has 1 aromatic carbocycles. The van der Waals surface area contributed by atoms with Gasteiger partial charge in [-0.3, -0.25) is 4.98 Å². The Morgan fingerprint density at radius 1 is 1.25 bits per heavy atom. The molecule has 1 N–H and O–H groups in total. The fraction of sp³-hybridized carbons (Fsp3) is 0.312. The molecule has 106 valence electrons. The van der Waals surface area contributed by atoms with Crippen LogP contribution in [-0.2, 0) is 13.1 Å². The fourth-order valence-corrected chi connectivity index (χ4v) is 2.19. The average molecular weight is 273 g/mol. The maximum atomic E-state index is 14.1. The van der Waals surface area contributed by atoms with Crippen molar-refractivity contribution in [1.82, 2.24) is 10.3 Å². The molecule has 0 radical (unpaired) electrons. The van der Waals surface area contributed by atoms with Gasteiger partial charge >= 0.3 is 0 Å². The topological polar surface area (TPSA) is 28.2 Å². The zero-order chi connectivity index (χ0) is 14.5. The molecule has 0 unspecified atom stereocenters. The van der Waals surface area contributed by atoms with Crippen LogP contribution in [0.4, 0.5) is 10.1 Å². The molecule has 4 heteroatoms. The highest BCUT2D eigenvalue weighted by atomic mass is 19.1. The van der Waals surface area contributed by atoms with Crippen LogP contribution in [0.15, 0.2) is 36.4 Å². The standard InChI is InChI=1S/C16H20FN3/c1-12-5-4-6-14(19-12)11-20(3)16-8-7-13(10-18-2)9-15(16)17/h4-9,18H,10-11H2,1-3H3. The maximum Gasteiger partial charge on any atom is 0.146 e. The van der Waals surface area contributed by atoms with E-state index in [9.17, 15) is 4.39 Å². The minimum Gasteiger partial charge on any atom is -0.366 e. The third kappa shape index (κ3) is 3.54. The van der Waals surface area contributed by atoms with Crippen LogP contribution < -0.4 is 10.2 Å². The van der Waals surface area contributed by atoms with E-state index in [1.807, 2.05) is 56.3 Å². The number of aryl methyl sites for hydroxylation is 1. The first-order valence-electron chi connectivity index (χ1n) is 6.67. The normalized spacial score (nSPS) is 10.6. The van der Waals surface area contributed by atoms with Gasteiger partial charge in [0.15, 0.2) is 0 Å². The summed E-state index contributed by atoms with van der Waals surface area (Å²) in [6, 6.07) is 11.2. The van der Waals surface area contributed by atoms with E-state index in [2.05, 4.69) is 10.3 Å². The van der Waals surface area contributed by atoms with Gasteiger partial charge in [0, 0.05) is 19.3 Å². The summed E-state index contributed by atoms with van der Waals surface area (Å²) in [7, 11) is 3.72. The highest BCUT2D eigenvalue weighted by Gasteiger charge is 2.09. The predicted octanol–water partition coefficient (Wildman–Crippen LogP) is 2.88. The molecule has 0 spiro atoms. The second-order valence-electron chi connectivity index (χ2n) is 4.94. The Morgan fingerprint density at radius 3 is 2.70 bits per heavy atom. The second-order valence-corrected chi connectivity index (χ2v) is 4.94. The summed E-state index contributed by atoms with van der Waals surface area (Å²) >= 11 is 0. The van der Waals surface area contributed by atoms with Crippen LogP contribution in [0.2, 0.25) is 0 Å². The largest absolute Gasteiger partial charge is 0.366 e. The molecule has 1 heterocycles. The molecular weight excluding hydrogens is 253 g/mol. The maximum absolute atomic E-state index is 14.1. The van der Waals surface area contributed by atoms with Crippen LogP contribution in [0.25, 0.3) is 0 Å². The lowest BCUT2D eigenvalue weighted by atomic mass is 10.2. The average Bonchev–Trinajstić information content (AvgIpc) is 2.39. The minimum atomic E-state index is -0.201. The van der Waals surface area contributed by atoms with Crippen molar-refractivity contribution in [2.45, 2.75) is 20.0 Å². The molecule has 0 aliphatic heterocycles. The number of pyridine rings is 1. The Kier molecular flexibility index (Phi) is 4.69. The van der Waals surface area contributed by atoms with Crippen LogP contribution in [0.1, 0.15) is 17.0 Å². The molecule has 20 heavy (non-hydrogen) atoms. The molecule has 0 aliphatic carbocycles. The lowest BCUT2D eigenvalue weighted by Gasteiger charge is -2.20. The van der Waals surface area contributed by atoms with Crippen molar-refractivity contribution in [1.29, 1.82) is 0 Å². The van der Waals surface area contributed by atoms with Crippen molar-refractivity contribution in [3.63, 3.8) is 0 Å². The van der Waals surface area contributed by atoms with Gasteiger partial charge in [-0.15, -0.1) is 0 Å². The minimum absolute atomic E-state index is 0.201. The van der Waals surface area contributed by atoms with Crippen LogP contribution >= 0.6 is 0 Å². The van der Waals surface area contributed by atoms with Gasteiger partial charge in [-0.05, 0) is 43.8 Å². The molecule has 0 amide bonds. The number of anilines is 1. The van der Waals surface area contributed by atoms with Crippen LogP contribution in [0.3, 0.4) is 0 Å². The third-order valence-electron chi connectivity index (χ3n) is 3.15. The van der Waals surface area contributed by atoms with E-state index in [-0.39, 0.29) is 5.82 Å². The zero-order valence-corrected chi connectivity index (χ0v) is 12.2. The van der Waals surface area contributed by atoms with Gasteiger partial charge in [0.2, 0.25) is 0 Å². The van der Waals surface area contributed by atoms with E-state index in [0.29, 0.717) is 18.8 Å². The summed E-state index contributed by atoms with van der Waals surface area (Å²) in [5.74, 6) is -0.201. The van der Waals surface area contributed by atoms with Crippen molar-refractivity contribution >= 4 is 5.69 Å². The Balaban J connectivity index is 2.14. The quantitative estimate of drug-likeness (QED) is 0.908. The predicted molar refractivity (Wildman–Crippen MR) is 80.2 cm³/mol. The number of benzene rings is 1. The molecule has 2 rings (SSSR count). The van der Waals surface area contributed by atoms with Crippen molar-refractivity contribution in [2.75, 3.05) is 19.0 Å². The van der Waals surface area contributed by atoms with E-state index >= 15 is 0 Å². The number of halogens is 1. The van der Waals surface area contributed by atoms with Crippen LogP contribution in [-0.4, -0.2) is 19.1 Å². The van der Waals surface area contributed by atoms with E-state index in [0.717, 1.165) is 17.0 Å². The summed E-state index contributed by atoms with van der Waals surface area (Å²) < 4.78 is 14.1. The molecule has 2 aromatic rings. The molecule has 0 bridgehead atoms. The number of hydrogen-bond acceptors (Lipinski definition) is 3. The molecule has 0 aliphatic rings. The van der Waals surface area contributed by atoms with Gasteiger partial charge in [0.1, 0.15) is 5.82 Å². The lowest BCUT2D eigenvalue weighted by molar-refractivity contribution is 0.618. The van der Waals surface area contributed by atoms with Crippen molar-refractivity contribution in [3.05, 3.63) is 59.2 Å². The second kappa shape index (κ2) is 6.48. The van der Waals surface area contributed by atoms with Gasteiger partial charge < -0.3 is 10.2 Å². The Labute approximate surface area is 119 Å². The van der Waals surface area contributed by atoms with E-state index in [1.165, 1.54) is 0 Å². The van der Waals surface area contributed by atoms with E-state index < -0.39 is 0 Å². The number of nitrogens with one attached hydrogen (secondary N) is 1. The number of nitrogens with zero attached hydrogens (tertiary/aromatic N) is 2. The monoisotopic (exact) mass is 273 g/mol. The van der Waals surface area contributed by atoms with Gasteiger partial charge in [-0.1, -0.05) is 12.1 Å². The van der Waals surface area contributed by atoms with Crippen molar-refractivity contribution < 1.29 is 4.39 Å². The van der Waals surface area contributed by atoms with Gasteiger partial charge in [0.05, 0.1) is 17.9 Å². The Morgan fingerprint density at radius 2 is 2.05 bits per heavy atom. The highest BCUT2D eigenvalue weighted by molar-refractivity contribution is 5.48. The van der Waals surface area contributed by atoms with Gasteiger partial charge in [0.25, 0.3) is 0 Å². The van der Waals surface area contributed by atoms with E-state index in [1.54, 1.807) is 6.07 Å². The van der Waals surface area contributed by atoms with Crippen LogP contribution in [0.5, 0.6) is 0 Å². The smallest absolute Gasteiger partial charge is 0.146 e. The lowest BCUT2D eigenvalue weighted by Crippen LogP contribution is -2.19. The first kappa shape index (κ1) is 14.5. The summed E-state index contributed by atoms with van der Waals surface area (Å²) in [5, 5.41) is 3.02. The SMILES string of the molecule is CNCc1ccc(N(C)Cc2cccc(C)n2)c(F)c1. The van der Waals surface area contributed by atoms with Crippen molar-refractivity contribution in [3.8, 4) is 0 Å². The summed E-state index contributed by atoms with van der Waals surface area (Å²) in [4.78, 5) is 6.32. The van der Waals surface area contributed by atoms with Gasteiger partial charge in [-0.25, -0.2) is 4.39 Å². The third-order valence-corrected chi connectivity index (χ3v) is 3.15. The molecule has 3 nitrogen and oxygen atoms in total. The highest BCUT2D eigenvalue weighted by Crippen LogP contribution is 2.21. The summed E-state index contributed by atoms with van der Waals surface area (Å²) in [6.45, 7) is 3.21. The summed E-state index contributed by atoms with van der Waals surface area (Å²) in [5.41, 5.74) is 3.44. The van der Waals surface area contributed by atoms with Crippen molar-refractivity contribution in [2.24, 2.45) is 0 Å². The number of rotatable bonds is 5. The number of hydrogen-bond donors (Lipinski definition) is 1. The number of aromatic nitrogens is 1. The van der Waals surface area contributed by atoms with E-state index in [4.69, 9.17) is 0 Å². The molecule has 0 fully saturated rings. The van der Waals surface area contributed by atoms with Gasteiger partial charge in [-0.2, -0.15) is 0 Å². The molecule has 1 aromatic heterocycles. The molecule has 0 atom stereocenters. The fourth-order valence-electron chi connectivity index (χ4n) is 2.19. The Bertz CT molecular complexity index is 584. The summed E-state index contributed by atoms with van der Waals surface area (Å²) in [6.07, 6.45) is 0. The molecule has 0 saturated carbocycles.